The van der Waals surface area contributed by atoms with Gasteiger partial charge in [-0.2, -0.15) is 0 Å². The van der Waals surface area contributed by atoms with Crippen LogP contribution >= 0.6 is 11.3 Å². The number of hydrogen-bond donors (Lipinski definition) is 0. The fourth-order valence-electron chi connectivity index (χ4n) is 7.62. The molecule has 3 aromatic heterocycles. The van der Waals surface area contributed by atoms with Crippen LogP contribution in [0.2, 0.25) is 0 Å². The highest BCUT2D eigenvalue weighted by atomic mass is 32.1. The van der Waals surface area contributed by atoms with Crippen molar-refractivity contribution in [2.75, 3.05) is 0 Å². The van der Waals surface area contributed by atoms with Gasteiger partial charge in [0.05, 0.1) is 22.1 Å². The van der Waals surface area contributed by atoms with Crippen molar-refractivity contribution in [2.24, 2.45) is 0 Å². The van der Waals surface area contributed by atoms with Crippen LogP contribution in [-0.4, -0.2) is 17.0 Å². The number of thiophene rings is 1. The van der Waals surface area contributed by atoms with Crippen molar-refractivity contribution in [2.45, 2.75) is 0 Å². The summed E-state index contributed by atoms with van der Waals surface area (Å²) in [7, 11) is 2.25. The molecule has 0 aliphatic rings. The predicted octanol–water partition coefficient (Wildman–Crippen LogP) is 10.2. The molecule has 0 fully saturated rings. The van der Waals surface area contributed by atoms with Gasteiger partial charge in [0.15, 0.2) is 0 Å². The molecule has 0 saturated carbocycles. The van der Waals surface area contributed by atoms with E-state index < -0.39 is 0 Å². The molecule has 7 aromatic carbocycles. The average molecular weight is 603 g/mol. The zero-order chi connectivity index (χ0) is 30.4. The Kier molecular flexibility index (Phi) is 5.43. The Morgan fingerprint density at radius 3 is 1.91 bits per heavy atom. The van der Waals surface area contributed by atoms with Crippen LogP contribution in [0.4, 0.5) is 0 Å². The van der Waals surface area contributed by atoms with Crippen molar-refractivity contribution in [1.82, 2.24) is 9.13 Å². The second kappa shape index (κ2) is 9.71. The predicted molar refractivity (Wildman–Crippen MR) is 202 cm³/mol. The summed E-state index contributed by atoms with van der Waals surface area (Å²) >= 11 is 1.89. The van der Waals surface area contributed by atoms with E-state index >= 15 is 0 Å². The van der Waals surface area contributed by atoms with Gasteiger partial charge in [-0.15, -0.1) is 11.3 Å². The molecule has 10 rings (SSSR count). The number of benzene rings is 7. The third-order valence-corrected chi connectivity index (χ3v) is 10.9. The lowest BCUT2D eigenvalue weighted by molar-refractivity contribution is 1.18. The quantitative estimate of drug-likeness (QED) is 0.178. The second-order valence-electron chi connectivity index (χ2n) is 12.2. The minimum atomic E-state index is 1.17. The van der Waals surface area contributed by atoms with E-state index in [0.717, 1.165) is 0 Å². The number of fused-ring (bicyclic) bond motifs is 9. The zero-order valence-corrected chi connectivity index (χ0v) is 26.1. The Labute approximate surface area is 270 Å². The van der Waals surface area contributed by atoms with Crippen LogP contribution in [0.15, 0.2) is 152 Å². The SMILES string of the molecule is Bc1cc(-n2c3ccccc3c3cc(-c4cccc5c6ccccc6n(-c6ccccc6)c45)ccc32)cc2c1sc1ccccc12. The molecule has 0 aliphatic heterocycles. The summed E-state index contributed by atoms with van der Waals surface area (Å²) in [5.74, 6) is 0. The largest absolute Gasteiger partial charge is 0.309 e. The molecule has 3 heterocycles. The first-order valence-corrected chi connectivity index (χ1v) is 16.6. The van der Waals surface area contributed by atoms with Crippen LogP contribution < -0.4 is 5.46 Å². The third kappa shape index (κ3) is 3.59. The Balaban J connectivity index is 1.25. The molecular weight excluding hydrogens is 575 g/mol. The Bertz CT molecular complexity index is 2820. The number of para-hydroxylation sites is 4. The maximum Gasteiger partial charge on any atom is 0.141 e. The summed E-state index contributed by atoms with van der Waals surface area (Å²) in [6.07, 6.45) is 0. The topological polar surface area (TPSA) is 9.86 Å². The first-order valence-electron chi connectivity index (χ1n) is 15.8. The molecule has 2 nitrogen and oxygen atoms in total. The molecule has 0 amide bonds. The second-order valence-corrected chi connectivity index (χ2v) is 13.3. The van der Waals surface area contributed by atoms with E-state index in [9.17, 15) is 0 Å². The fraction of sp³-hybridized carbons (Fsp3) is 0. The van der Waals surface area contributed by atoms with E-state index in [0.29, 0.717) is 0 Å². The van der Waals surface area contributed by atoms with Gasteiger partial charge in [-0.3, -0.25) is 0 Å². The maximum absolute atomic E-state index is 2.45. The Hall–Kier alpha value is -5.58. The Morgan fingerprint density at radius 1 is 0.435 bits per heavy atom. The molecule has 46 heavy (non-hydrogen) atoms. The molecule has 0 radical (unpaired) electrons. The van der Waals surface area contributed by atoms with Gasteiger partial charge in [0, 0.05) is 58.7 Å². The molecule has 0 aliphatic carbocycles. The monoisotopic (exact) mass is 602 g/mol. The van der Waals surface area contributed by atoms with Crippen LogP contribution in [0.1, 0.15) is 0 Å². The van der Waals surface area contributed by atoms with Gasteiger partial charge >= 0.3 is 0 Å². The van der Waals surface area contributed by atoms with E-state index in [2.05, 4.69) is 169 Å². The van der Waals surface area contributed by atoms with E-state index in [4.69, 9.17) is 0 Å². The molecule has 0 saturated heterocycles. The van der Waals surface area contributed by atoms with Crippen molar-refractivity contribution in [3.05, 3.63) is 152 Å². The Morgan fingerprint density at radius 2 is 1.09 bits per heavy atom. The van der Waals surface area contributed by atoms with Crippen molar-refractivity contribution in [1.29, 1.82) is 0 Å². The number of hydrogen-bond acceptors (Lipinski definition) is 1. The number of aromatic nitrogens is 2. The van der Waals surface area contributed by atoms with Gasteiger partial charge in [0.25, 0.3) is 0 Å². The third-order valence-electron chi connectivity index (χ3n) is 9.60. The van der Waals surface area contributed by atoms with Crippen molar-refractivity contribution in [3.63, 3.8) is 0 Å². The van der Waals surface area contributed by atoms with Gasteiger partial charge in [-0.05, 0) is 60.2 Å². The lowest BCUT2D eigenvalue weighted by Crippen LogP contribution is -2.05. The molecule has 0 atom stereocenters. The number of nitrogens with zero attached hydrogens (tertiary/aromatic N) is 2. The van der Waals surface area contributed by atoms with Crippen molar-refractivity contribution < 1.29 is 0 Å². The minimum Gasteiger partial charge on any atom is -0.309 e. The molecule has 0 bridgehead atoms. The first-order chi connectivity index (χ1) is 22.7. The van der Waals surface area contributed by atoms with E-state index in [-0.39, 0.29) is 0 Å². The highest BCUT2D eigenvalue weighted by molar-refractivity contribution is 7.26. The summed E-state index contributed by atoms with van der Waals surface area (Å²) < 4.78 is 7.59. The molecule has 0 spiro atoms. The molecule has 10 aromatic rings. The summed E-state index contributed by atoms with van der Waals surface area (Å²) in [6, 6.07) is 55.6. The maximum atomic E-state index is 2.45. The summed E-state index contributed by atoms with van der Waals surface area (Å²) in [5, 5.41) is 7.73. The average Bonchev–Trinajstić information content (AvgIpc) is 3.76. The molecule has 0 unspecified atom stereocenters. The fourth-order valence-corrected chi connectivity index (χ4v) is 8.78. The minimum absolute atomic E-state index is 1.17. The summed E-state index contributed by atoms with van der Waals surface area (Å²) in [5.41, 5.74) is 11.1. The van der Waals surface area contributed by atoms with Gasteiger partial charge in [-0.1, -0.05) is 103 Å². The smallest absolute Gasteiger partial charge is 0.141 e. The van der Waals surface area contributed by atoms with E-state index in [1.165, 1.54) is 91.7 Å². The van der Waals surface area contributed by atoms with Crippen LogP contribution in [0.25, 0.3) is 86.3 Å². The van der Waals surface area contributed by atoms with Crippen molar-refractivity contribution in [3.8, 4) is 22.5 Å². The first kappa shape index (κ1) is 25.7. The molecule has 4 heteroatoms. The van der Waals surface area contributed by atoms with E-state index in [1.54, 1.807) is 0 Å². The van der Waals surface area contributed by atoms with Crippen LogP contribution in [0.3, 0.4) is 0 Å². The lowest BCUT2D eigenvalue weighted by atomic mass is 9.93. The van der Waals surface area contributed by atoms with Crippen LogP contribution in [0.5, 0.6) is 0 Å². The van der Waals surface area contributed by atoms with Crippen molar-refractivity contribution >= 4 is 88.4 Å². The standard InChI is InChI=1S/C42H27BN2S/c43-36-25-28(24-35-32-15-6-9-20-40(32)46-42(35)36)44-37-18-7-5-14-31(37)34-23-26(21-22-39(34)44)29-16-10-17-33-30-13-4-8-19-38(30)45(41(29)33)27-11-2-1-3-12-27/h1-25H,43H2. The zero-order valence-electron chi connectivity index (χ0n) is 25.2. The van der Waals surface area contributed by atoms with Gasteiger partial charge < -0.3 is 9.13 Å². The summed E-state index contributed by atoms with van der Waals surface area (Å²) in [4.78, 5) is 0. The highest BCUT2D eigenvalue weighted by Gasteiger charge is 2.19. The highest BCUT2D eigenvalue weighted by Crippen LogP contribution is 2.41. The van der Waals surface area contributed by atoms with Crippen LogP contribution in [0, 0.1) is 0 Å². The molecule has 214 valence electrons. The van der Waals surface area contributed by atoms with Gasteiger partial charge in [-0.25, -0.2) is 0 Å². The normalized spacial score (nSPS) is 12.0. The van der Waals surface area contributed by atoms with E-state index in [1.807, 2.05) is 11.3 Å². The lowest BCUT2D eigenvalue weighted by Gasteiger charge is -2.13. The summed E-state index contributed by atoms with van der Waals surface area (Å²) in [6.45, 7) is 0. The van der Waals surface area contributed by atoms with Gasteiger partial charge in [0.1, 0.15) is 7.85 Å². The molecular formula is C42H27BN2S. The number of rotatable bonds is 3. The molecule has 0 N–H and O–H groups in total. The van der Waals surface area contributed by atoms with Crippen LogP contribution in [-0.2, 0) is 0 Å². The van der Waals surface area contributed by atoms with Gasteiger partial charge in [0.2, 0.25) is 0 Å².